The van der Waals surface area contributed by atoms with Gasteiger partial charge in [0.15, 0.2) is 0 Å². The van der Waals surface area contributed by atoms with Crippen LogP contribution in [0.3, 0.4) is 0 Å². The van der Waals surface area contributed by atoms with Crippen molar-refractivity contribution >= 4 is 6.03 Å². The number of pyridine rings is 1. The van der Waals surface area contributed by atoms with Gasteiger partial charge in [-0.05, 0) is 50.5 Å². The van der Waals surface area contributed by atoms with Crippen molar-refractivity contribution in [3.05, 3.63) is 57.0 Å². The Morgan fingerprint density at radius 1 is 1.25 bits per heavy atom. The third-order valence-electron chi connectivity index (χ3n) is 5.22. The fourth-order valence-corrected chi connectivity index (χ4v) is 3.79. The molecule has 1 unspecified atom stereocenters. The summed E-state index contributed by atoms with van der Waals surface area (Å²) in [6.45, 7) is 4.58. The first kappa shape index (κ1) is 19.8. The molecule has 0 aliphatic carbocycles. The van der Waals surface area contributed by atoms with Gasteiger partial charge in [-0.15, -0.1) is 0 Å². The number of nitrogens with one attached hydrogen (secondary N) is 2. The quantitative estimate of drug-likeness (QED) is 0.829. The van der Waals surface area contributed by atoms with E-state index in [-0.39, 0.29) is 24.2 Å². The number of hydrogen-bond donors (Lipinski definition) is 2. The lowest BCUT2D eigenvalue weighted by Gasteiger charge is -2.27. The van der Waals surface area contributed by atoms with Crippen LogP contribution in [0, 0.1) is 13.8 Å². The van der Waals surface area contributed by atoms with Crippen molar-refractivity contribution in [2.45, 2.75) is 39.3 Å². The maximum absolute atomic E-state index is 12.9. The van der Waals surface area contributed by atoms with Gasteiger partial charge in [0.25, 0.3) is 5.56 Å². The zero-order valence-corrected chi connectivity index (χ0v) is 16.8. The predicted octanol–water partition coefficient (Wildman–Crippen LogP) is 3.06. The molecular weight excluding hydrogens is 358 g/mol. The molecule has 0 spiro atoms. The molecule has 150 valence electrons. The van der Waals surface area contributed by atoms with Gasteiger partial charge in [-0.25, -0.2) is 4.79 Å². The zero-order valence-electron chi connectivity index (χ0n) is 16.8. The Bertz CT molecular complexity index is 922. The number of aromatic amines is 1. The van der Waals surface area contributed by atoms with Crippen LogP contribution < -0.4 is 20.3 Å². The first-order chi connectivity index (χ1) is 13.4. The number of rotatable bonds is 5. The van der Waals surface area contributed by atoms with Crippen LogP contribution >= 0.6 is 0 Å². The molecule has 3 rings (SSSR count). The maximum atomic E-state index is 12.9. The number of aromatic nitrogens is 1. The van der Waals surface area contributed by atoms with Crippen molar-refractivity contribution in [2.75, 3.05) is 20.8 Å². The third-order valence-corrected chi connectivity index (χ3v) is 5.22. The number of hydrogen-bond acceptors (Lipinski definition) is 4. The lowest BCUT2D eigenvalue weighted by Crippen LogP contribution is -2.40. The number of carbonyl (C=O) groups is 1. The molecule has 2 amide bonds. The van der Waals surface area contributed by atoms with Gasteiger partial charge in [-0.3, -0.25) is 4.79 Å². The molecule has 1 aliphatic rings. The summed E-state index contributed by atoms with van der Waals surface area (Å²) in [5, 5.41) is 2.90. The Morgan fingerprint density at radius 3 is 2.71 bits per heavy atom. The lowest BCUT2D eigenvalue weighted by atomic mass is 10.0. The second-order valence-electron chi connectivity index (χ2n) is 7.06. The minimum absolute atomic E-state index is 0.0711. The summed E-state index contributed by atoms with van der Waals surface area (Å²) in [6, 6.07) is 7.31. The number of nitrogens with zero attached hydrogens (tertiary/aromatic N) is 1. The lowest BCUT2D eigenvalue weighted by molar-refractivity contribution is 0.191. The van der Waals surface area contributed by atoms with Gasteiger partial charge < -0.3 is 24.7 Å². The fourth-order valence-electron chi connectivity index (χ4n) is 3.79. The van der Waals surface area contributed by atoms with Crippen LogP contribution in [0.2, 0.25) is 0 Å². The standard InChI is InChI=1S/C21H27N3O4/c1-13-10-14(2)23-20(25)17(13)12-22-21(26)24-9-5-6-18(24)16-8-7-15(27-3)11-19(16)28-4/h7-8,10-11,18H,5-6,9,12H2,1-4H3,(H,22,26)(H,23,25). The molecule has 1 aliphatic heterocycles. The molecule has 0 radical (unpaired) electrons. The molecular formula is C21H27N3O4. The van der Waals surface area contributed by atoms with E-state index >= 15 is 0 Å². The van der Waals surface area contributed by atoms with Gasteiger partial charge in [0.2, 0.25) is 0 Å². The highest BCUT2D eigenvalue weighted by molar-refractivity contribution is 5.75. The van der Waals surface area contributed by atoms with Crippen molar-refractivity contribution in [3.63, 3.8) is 0 Å². The number of amides is 2. The van der Waals surface area contributed by atoms with Gasteiger partial charge in [0, 0.05) is 29.4 Å². The molecule has 2 N–H and O–H groups in total. The minimum atomic E-state index is -0.181. The molecule has 2 heterocycles. The molecule has 1 aromatic heterocycles. The fraction of sp³-hybridized carbons (Fsp3) is 0.429. The monoisotopic (exact) mass is 385 g/mol. The molecule has 1 atom stereocenters. The summed E-state index contributed by atoms with van der Waals surface area (Å²) < 4.78 is 10.8. The highest BCUT2D eigenvalue weighted by Crippen LogP contribution is 2.38. The average Bonchev–Trinajstić information content (AvgIpc) is 3.16. The summed E-state index contributed by atoms with van der Waals surface area (Å²) in [4.78, 5) is 29.6. The normalized spacial score (nSPS) is 16.1. The maximum Gasteiger partial charge on any atom is 0.318 e. The third kappa shape index (κ3) is 3.98. The molecule has 7 heteroatoms. The van der Waals surface area contributed by atoms with Crippen molar-refractivity contribution in [2.24, 2.45) is 0 Å². The van der Waals surface area contributed by atoms with Crippen LogP contribution in [0.5, 0.6) is 11.5 Å². The van der Waals surface area contributed by atoms with E-state index < -0.39 is 0 Å². The Labute approximate surface area is 164 Å². The number of benzene rings is 1. The van der Waals surface area contributed by atoms with Crippen molar-refractivity contribution < 1.29 is 14.3 Å². The van der Waals surface area contributed by atoms with Crippen LogP contribution in [-0.2, 0) is 6.54 Å². The summed E-state index contributed by atoms with van der Waals surface area (Å²) in [6.07, 6.45) is 1.78. The Hall–Kier alpha value is -2.96. The number of methoxy groups -OCH3 is 2. The smallest absolute Gasteiger partial charge is 0.318 e. The van der Waals surface area contributed by atoms with E-state index in [0.29, 0.717) is 23.6 Å². The first-order valence-corrected chi connectivity index (χ1v) is 9.40. The van der Waals surface area contributed by atoms with Gasteiger partial charge in [0.05, 0.1) is 26.8 Å². The number of aryl methyl sites for hydroxylation is 2. The van der Waals surface area contributed by atoms with E-state index in [1.807, 2.05) is 43.0 Å². The second-order valence-corrected chi connectivity index (χ2v) is 7.06. The second kappa shape index (κ2) is 8.37. The molecule has 0 saturated carbocycles. The van der Waals surface area contributed by atoms with Crippen molar-refractivity contribution in [1.82, 2.24) is 15.2 Å². The van der Waals surface area contributed by atoms with E-state index in [4.69, 9.17) is 9.47 Å². The van der Waals surface area contributed by atoms with Gasteiger partial charge in [-0.1, -0.05) is 0 Å². The zero-order chi connectivity index (χ0) is 20.3. The van der Waals surface area contributed by atoms with E-state index in [2.05, 4.69) is 10.3 Å². The van der Waals surface area contributed by atoms with E-state index in [1.54, 1.807) is 14.2 Å². The topological polar surface area (TPSA) is 83.7 Å². The number of ether oxygens (including phenoxy) is 2. The van der Waals surface area contributed by atoms with Crippen LogP contribution in [0.4, 0.5) is 4.79 Å². The minimum Gasteiger partial charge on any atom is -0.497 e. The summed E-state index contributed by atoms with van der Waals surface area (Å²) in [5.41, 5.74) is 3.06. The number of likely N-dealkylation sites (tertiary alicyclic amines) is 1. The molecule has 28 heavy (non-hydrogen) atoms. The SMILES string of the molecule is COc1ccc(C2CCCN2C(=O)NCc2c(C)cc(C)[nH]c2=O)c(OC)c1. The first-order valence-electron chi connectivity index (χ1n) is 9.40. The van der Waals surface area contributed by atoms with E-state index in [0.717, 1.165) is 29.7 Å². The molecule has 0 bridgehead atoms. The number of H-pyrrole nitrogens is 1. The Kier molecular flexibility index (Phi) is 5.92. The number of carbonyl (C=O) groups excluding carboxylic acids is 1. The van der Waals surface area contributed by atoms with Crippen LogP contribution in [0.1, 0.15) is 41.3 Å². The van der Waals surface area contributed by atoms with Crippen LogP contribution in [0.25, 0.3) is 0 Å². The predicted molar refractivity (Wildman–Crippen MR) is 107 cm³/mol. The van der Waals surface area contributed by atoms with E-state index in [9.17, 15) is 9.59 Å². The van der Waals surface area contributed by atoms with Crippen molar-refractivity contribution in [1.29, 1.82) is 0 Å². The van der Waals surface area contributed by atoms with Gasteiger partial charge in [-0.2, -0.15) is 0 Å². The summed E-state index contributed by atoms with van der Waals surface area (Å²) >= 11 is 0. The van der Waals surface area contributed by atoms with Crippen LogP contribution in [0.15, 0.2) is 29.1 Å². The van der Waals surface area contributed by atoms with Gasteiger partial charge >= 0.3 is 6.03 Å². The summed E-state index contributed by atoms with van der Waals surface area (Å²) in [5.74, 6) is 1.42. The molecule has 1 aromatic carbocycles. The number of urea groups is 1. The molecule has 2 aromatic rings. The Morgan fingerprint density at radius 2 is 2.04 bits per heavy atom. The van der Waals surface area contributed by atoms with E-state index in [1.165, 1.54) is 0 Å². The van der Waals surface area contributed by atoms with Crippen molar-refractivity contribution in [3.8, 4) is 11.5 Å². The molecule has 1 fully saturated rings. The largest absolute Gasteiger partial charge is 0.497 e. The summed E-state index contributed by atoms with van der Waals surface area (Å²) in [7, 11) is 3.22. The van der Waals surface area contributed by atoms with Crippen LogP contribution in [-0.4, -0.2) is 36.7 Å². The highest BCUT2D eigenvalue weighted by atomic mass is 16.5. The van der Waals surface area contributed by atoms with Gasteiger partial charge in [0.1, 0.15) is 11.5 Å². The average molecular weight is 385 g/mol. The molecule has 7 nitrogen and oxygen atoms in total. The Balaban J connectivity index is 1.76. The molecule has 1 saturated heterocycles. The highest BCUT2D eigenvalue weighted by Gasteiger charge is 2.32.